The van der Waals surface area contributed by atoms with E-state index in [-0.39, 0.29) is 0 Å². The predicted octanol–water partition coefficient (Wildman–Crippen LogP) is 3.09. The second kappa shape index (κ2) is 3.49. The van der Waals surface area contributed by atoms with Crippen molar-refractivity contribution >= 4 is 11.6 Å². The Balaban J connectivity index is 2.26. The maximum atomic E-state index is 6.02. The van der Waals surface area contributed by atoms with Crippen LogP contribution in [0, 0.1) is 31.6 Å². The highest BCUT2D eigenvalue weighted by atomic mass is 35.5. The van der Waals surface area contributed by atoms with Crippen LogP contribution in [0.1, 0.15) is 5.56 Å². The molecule has 0 aromatic heterocycles. The summed E-state index contributed by atoms with van der Waals surface area (Å²) in [6.45, 7) is 0. The van der Waals surface area contributed by atoms with Gasteiger partial charge in [-0.1, -0.05) is 29.8 Å². The van der Waals surface area contributed by atoms with Gasteiger partial charge in [-0.3, -0.25) is 0 Å². The Morgan fingerprint density at radius 1 is 0.917 bits per heavy atom. The monoisotopic (exact) mass is 175 g/mol. The minimum atomic E-state index is 0.809. The van der Waals surface area contributed by atoms with Gasteiger partial charge in [0.05, 0.1) is 0 Å². The fraction of sp³-hybridized carbons (Fsp3) is 0. The third kappa shape index (κ3) is 1.49. The van der Waals surface area contributed by atoms with E-state index in [9.17, 15) is 0 Å². The molecule has 0 heterocycles. The molecular weight excluding hydrogens is 168 g/mol. The fourth-order valence-corrected chi connectivity index (χ4v) is 1.49. The van der Waals surface area contributed by atoms with Crippen LogP contribution in [0.4, 0.5) is 0 Å². The minimum Gasteiger partial charge on any atom is -0.0840 e. The van der Waals surface area contributed by atoms with E-state index >= 15 is 0 Å². The number of hydrogen-bond acceptors (Lipinski definition) is 0. The zero-order valence-electron chi connectivity index (χ0n) is 6.50. The van der Waals surface area contributed by atoms with E-state index in [0.29, 0.717) is 0 Å². The Labute approximate surface area is 78.6 Å². The SMILES string of the molecule is Clc1ccccc1[C]1[CH][CH][CH][CH]1. The fourth-order valence-electron chi connectivity index (χ4n) is 1.25. The Morgan fingerprint density at radius 2 is 1.58 bits per heavy atom. The third-order valence-electron chi connectivity index (χ3n) is 1.85. The zero-order valence-corrected chi connectivity index (χ0v) is 7.25. The van der Waals surface area contributed by atoms with E-state index in [2.05, 4.69) is 12.8 Å². The quantitative estimate of drug-likeness (QED) is 0.616. The van der Waals surface area contributed by atoms with Crippen LogP contribution in [0.5, 0.6) is 0 Å². The first kappa shape index (κ1) is 8.12. The maximum absolute atomic E-state index is 6.02. The molecule has 1 heteroatoms. The largest absolute Gasteiger partial charge is 0.0840 e. The summed E-state index contributed by atoms with van der Waals surface area (Å²) in [5, 5.41) is 0.809. The lowest BCUT2D eigenvalue weighted by atomic mass is 9.98. The van der Waals surface area contributed by atoms with Gasteiger partial charge in [0, 0.05) is 10.9 Å². The number of halogens is 1. The molecular formula is C11H8Cl. The summed E-state index contributed by atoms with van der Waals surface area (Å²) in [6.07, 6.45) is 8.14. The van der Waals surface area contributed by atoms with Crippen LogP contribution in [0.25, 0.3) is 0 Å². The van der Waals surface area contributed by atoms with Crippen molar-refractivity contribution in [3.63, 3.8) is 0 Å². The van der Waals surface area contributed by atoms with Crippen molar-refractivity contribution in [3.05, 3.63) is 66.5 Å². The van der Waals surface area contributed by atoms with Gasteiger partial charge in [-0.15, -0.1) is 0 Å². The highest BCUT2D eigenvalue weighted by Gasteiger charge is 2.20. The summed E-state index contributed by atoms with van der Waals surface area (Å²) in [4.78, 5) is 0. The van der Waals surface area contributed by atoms with Gasteiger partial charge in [0.1, 0.15) is 0 Å². The smallest absolute Gasteiger partial charge is 0.0444 e. The summed E-state index contributed by atoms with van der Waals surface area (Å²) in [5.41, 5.74) is 1.10. The van der Waals surface area contributed by atoms with Gasteiger partial charge in [0.15, 0.2) is 0 Å². The Bertz CT molecular complexity index is 261. The van der Waals surface area contributed by atoms with Crippen LogP contribution in [-0.2, 0) is 0 Å². The van der Waals surface area contributed by atoms with Crippen LogP contribution >= 0.6 is 11.6 Å². The molecule has 1 saturated carbocycles. The van der Waals surface area contributed by atoms with Crippen molar-refractivity contribution in [2.75, 3.05) is 0 Å². The van der Waals surface area contributed by atoms with Crippen molar-refractivity contribution in [2.45, 2.75) is 0 Å². The van der Waals surface area contributed by atoms with Crippen molar-refractivity contribution in [2.24, 2.45) is 0 Å². The molecule has 0 aliphatic heterocycles. The van der Waals surface area contributed by atoms with Gasteiger partial charge in [0.2, 0.25) is 0 Å². The number of hydrogen-bond donors (Lipinski definition) is 0. The molecule has 5 radical (unpaired) electrons. The molecule has 12 heavy (non-hydrogen) atoms. The van der Waals surface area contributed by atoms with E-state index in [1.807, 2.05) is 37.1 Å². The van der Waals surface area contributed by atoms with E-state index in [4.69, 9.17) is 11.6 Å². The van der Waals surface area contributed by atoms with Crippen LogP contribution < -0.4 is 0 Å². The molecule has 0 bridgehead atoms. The Morgan fingerprint density at radius 3 is 2.25 bits per heavy atom. The first-order chi connectivity index (χ1) is 5.88. The maximum Gasteiger partial charge on any atom is 0.0444 e. The molecule has 59 valence electrons. The zero-order chi connectivity index (χ0) is 8.39. The molecule has 1 aliphatic carbocycles. The summed E-state index contributed by atoms with van der Waals surface area (Å²) in [5.74, 6) is 1.18. The topological polar surface area (TPSA) is 0 Å². The second-order valence-electron chi connectivity index (χ2n) is 2.65. The third-order valence-corrected chi connectivity index (χ3v) is 2.18. The van der Waals surface area contributed by atoms with Gasteiger partial charge in [-0.2, -0.15) is 0 Å². The predicted molar refractivity (Wildman–Crippen MR) is 51.0 cm³/mol. The van der Waals surface area contributed by atoms with Crippen molar-refractivity contribution in [3.8, 4) is 0 Å². The summed E-state index contributed by atoms with van der Waals surface area (Å²) < 4.78 is 0. The molecule has 1 aromatic carbocycles. The highest BCUT2D eigenvalue weighted by molar-refractivity contribution is 6.31. The molecule has 1 aromatic rings. The molecule has 0 nitrogen and oxygen atoms in total. The molecule has 1 fully saturated rings. The molecule has 0 unspecified atom stereocenters. The van der Waals surface area contributed by atoms with Gasteiger partial charge in [-0.05, 0) is 37.3 Å². The van der Waals surface area contributed by atoms with Gasteiger partial charge >= 0.3 is 0 Å². The highest BCUT2D eigenvalue weighted by Crippen LogP contribution is 2.33. The lowest BCUT2D eigenvalue weighted by molar-refractivity contribution is 1.29. The molecule has 2 rings (SSSR count). The lowest BCUT2D eigenvalue weighted by Crippen LogP contribution is -1.94. The second-order valence-corrected chi connectivity index (χ2v) is 3.06. The van der Waals surface area contributed by atoms with E-state index in [1.165, 1.54) is 5.92 Å². The molecule has 0 atom stereocenters. The van der Waals surface area contributed by atoms with E-state index < -0.39 is 0 Å². The Kier molecular flexibility index (Phi) is 2.36. The van der Waals surface area contributed by atoms with Gasteiger partial charge in [-0.25, -0.2) is 0 Å². The van der Waals surface area contributed by atoms with Crippen LogP contribution in [-0.4, -0.2) is 0 Å². The summed E-state index contributed by atoms with van der Waals surface area (Å²) in [6, 6.07) is 7.87. The molecule has 0 N–H and O–H groups in total. The summed E-state index contributed by atoms with van der Waals surface area (Å²) in [7, 11) is 0. The van der Waals surface area contributed by atoms with Crippen molar-refractivity contribution in [1.82, 2.24) is 0 Å². The average Bonchev–Trinajstić information content (AvgIpc) is 2.57. The molecule has 0 amide bonds. The number of rotatable bonds is 1. The van der Waals surface area contributed by atoms with E-state index in [1.54, 1.807) is 0 Å². The first-order valence-corrected chi connectivity index (χ1v) is 4.22. The standard InChI is InChI=1S/C11H8Cl/c12-11-8-4-3-7-10(11)9-5-1-2-6-9/h1-8H. The van der Waals surface area contributed by atoms with E-state index in [0.717, 1.165) is 10.6 Å². The van der Waals surface area contributed by atoms with Crippen molar-refractivity contribution < 1.29 is 0 Å². The molecule has 0 saturated heterocycles. The van der Waals surface area contributed by atoms with Gasteiger partial charge in [0.25, 0.3) is 0 Å². The normalized spacial score (nSPS) is 18.4. The molecule has 1 aliphatic rings. The summed E-state index contributed by atoms with van der Waals surface area (Å²) >= 11 is 6.02. The molecule has 0 spiro atoms. The van der Waals surface area contributed by atoms with Crippen LogP contribution in [0.2, 0.25) is 5.02 Å². The Hall–Kier alpha value is -0.490. The van der Waals surface area contributed by atoms with Gasteiger partial charge < -0.3 is 0 Å². The minimum absolute atomic E-state index is 0.809. The lowest BCUT2D eigenvalue weighted by Gasteiger charge is -2.09. The first-order valence-electron chi connectivity index (χ1n) is 3.84. The van der Waals surface area contributed by atoms with Crippen molar-refractivity contribution in [1.29, 1.82) is 0 Å². The number of benzene rings is 1. The average molecular weight is 176 g/mol. The van der Waals surface area contributed by atoms with Crippen LogP contribution in [0.3, 0.4) is 0 Å². The van der Waals surface area contributed by atoms with Crippen LogP contribution in [0.15, 0.2) is 24.3 Å².